The van der Waals surface area contributed by atoms with E-state index < -0.39 is 0 Å². The van der Waals surface area contributed by atoms with E-state index >= 15 is 0 Å². The lowest BCUT2D eigenvalue weighted by molar-refractivity contribution is 0.0953. The first-order chi connectivity index (χ1) is 15.1. The fourth-order valence-corrected chi connectivity index (χ4v) is 3.82. The topological polar surface area (TPSA) is 56.1 Å². The first-order valence-electron chi connectivity index (χ1n) is 10.2. The third-order valence-corrected chi connectivity index (χ3v) is 5.73. The Morgan fingerprint density at radius 1 is 1.03 bits per heavy atom. The summed E-state index contributed by atoms with van der Waals surface area (Å²) in [5, 5.41) is 2.99. The van der Waals surface area contributed by atoms with E-state index in [4.69, 9.17) is 9.72 Å². The van der Waals surface area contributed by atoms with Crippen molar-refractivity contribution in [3.63, 3.8) is 0 Å². The van der Waals surface area contributed by atoms with Crippen molar-refractivity contribution in [3.8, 4) is 5.75 Å². The average Bonchev–Trinajstić information content (AvgIpc) is 3.15. The molecule has 0 aliphatic rings. The van der Waals surface area contributed by atoms with Crippen LogP contribution in [0, 0.1) is 0 Å². The molecule has 0 saturated carbocycles. The van der Waals surface area contributed by atoms with Crippen molar-refractivity contribution in [1.29, 1.82) is 0 Å². The van der Waals surface area contributed by atoms with E-state index in [1.165, 1.54) is 5.56 Å². The molecule has 4 rings (SSSR count). The molecule has 6 heteroatoms. The number of carbonyl (C=O) groups is 1. The van der Waals surface area contributed by atoms with Crippen molar-refractivity contribution in [2.45, 2.75) is 19.4 Å². The van der Waals surface area contributed by atoms with Gasteiger partial charge in [-0.2, -0.15) is 0 Å². The number of para-hydroxylation sites is 2. The van der Waals surface area contributed by atoms with Crippen LogP contribution in [0.1, 0.15) is 28.2 Å². The highest BCUT2D eigenvalue weighted by atomic mass is 79.9. The van der Waals surface area contributed by atoms with Gasteiger partial charge in [0.1, 0.15) is 11.6 Å². The van der Waals surface area contributed by atoms with Gasteiger partial charge in [-0.05, 0) is 60.5 Å². The largest absolute Gasteiger partial charge is 0.497 e. The second-order valence-corrected chi connectivity index (χ2v) is 8.23. The lowest BCUT2D eigenvalue weighted by Gasteiger charge is -2.10. The number of halogens is 1. The van der Waals surface area contributed by atoms with E-state index in [0.717, 1.165) is 46.5 Å². The zero-order valence-electron chi connectivity index (χ0n) is 17.3. The van der Waals surface area contributed by atoms with E-state index in [9.17, 15) is 4.79 Å². The van der Waals surface area contributed by atoms with Crippen LogP contribution in [-0.4, -0.2) is 29.1 Å². The van der Waals surface area contributed by atoms with Crippen molar-refractivity contribution >= 4 is 32.9 Å². The lowest BCUT2D eigenvalue weighted by atomic mass is 10.2. The maximum absolute atomic E-state index is 12.4. The molecule has 3 aromatic carbocycles. The van der Waals surface area contributed by atoms with Crippen LogP contribution in [0.2, 0.25) is 0 Å². The normalized spacial score (nSPS) is 10.9. The van der Waals surface area contributed by atoms with Gasteiger partial charge in [-0.15, -0.1) is 0 Å². The molecule has 1 aromatic heterocycles. The van der Waals surface area contributed by atoms with Crippen LogP contribution in [-0.2, 0) is 13.0 Å². The molecule has 1 heterocycles. The standard InChI is InChI=1S/C25H24BrN3O2/c1-31-21-14-10-19(11-15-21)25(30)27-16-4-7-24-28-22-5-2-3-6-23(22)29(24)17-18-8-12-20(26)13-9-18/h2-3,5-6,8-15H,4,7,16-17H2,1H3,(H,27,30). The number of aryl methyl sites for hydroxylation is 1. The van der Waals surface area contributed by atoms with Crippen LogP contribution < -0.4 is 10.1 Å². The second kappa shape index (κ2) is 9.79. The monoisotopic (exact) mass is 477 g/mol. The zero-order valence-corrected chi connectivity index (χ0v) is 18.9. The summed E-state index contributed by atoms with van der Waals surface area (Å²) in [7, 11) is 1.61. The number of carbonyl (C=O) groups excluding carboxylic acids is 1. The number of nitrogens with zero attached hydrogens (tertiary/aromatic N) is 2. The summed E-state index contributed by atoms with van der Waals surface area (Å²) in [4.78, 5) is 17.2. The molecule has 1 N–H and O–H groups in total. The molecule has 0 atom stereocenters. The van der Waals surface area contributed by atoms with E-state index in [0.29, 0.717) is 12.1 Å². The Morgan fingerprint density at radius 3 is 2.52 bits per heavy atom. The Kier molecular flexibility index (Phi) is 6.67. The number of rotatable bonds is 8. The van der Waals surface area contributed by atoms with Gasteiger partial charge in [0.05, 0.1) is 18.1 Å². The van der Waals surface area contributed by atoms with E-state index in [1.807, 2.05) is 18.2 Å². The molecule has 0 saturated heterocycles. The first-order valence-corrected chi connectivity index (χ1v) is 11.0. The number of aromatic nitrogens is 2. The molecular formula is C25H24BrN3O2. The van der Waals surface area contributed by atoms with Crippen molar-refractivity contribution in [2.24, 2.45) is 0 Å². The number of imidazole rings is 1. The number of hydrogen-bond donors (Lipinski definition) is 1. The Labute approximate surface area is 190 Å². The van der Waals surface area contributed by atoms with Gasteiger partial charge in [-0.3, -0.25) is 4.79 Å². The molecule has 0 radical (unpaired) electrons. The quantitative estimate of drug-likeness (QED) is 0.354. The molecule has 158 valence electrons. The summed E-state index contributed by atoms with van der Waals surface area (Å²) in [6.07, 6.45) is 1.60. The Morgan fingerprint density at radius 2 is 1.77 bits per heavy atom. The van der Waals surface area contributed by atoms with Crippen LogP contribution in [0.5, 0.6) is 5.75 Å². The Balaban J connectivity index is 1.41. The van der Waals surface area contributed by atoms with Gasteiger partial charge in [-0.25, -0.2) is 4.98 Å². The molecule has 0 unspecified atom stereocenters. The van der Waals surface area contributed by atoms with Crippen molar-refractivity contribution < 1.29 is 9.53 Å². The number of benzene rings is 3. The summed E-state index contributed by atoms with van der Waals surface area (Å²) in [6.45, 7) is 1.35. The van der Waals surface area contributed by atoms with E-state index in [1.54, 1.807) is 31.4 Å². The molecular weight excluding hydrogens is 454 g/mol. The zero-order chi connectivity index (χ0) is 21.6. The third kappa shape index (κ3) is 5.14. The molecule has 1 amide bonds. The summed E-state index contributed by atoms with van der Waals surface area (Å²) in [5.41, 5.74) is 3.98. The first kappa shape index (κ1) is 21.1. The number of nitrogens with one attached hydrogen (secondary N) is 1. The third-order valence-electron chi connectivity index (χ3n) is 5.20. The lowest BCUT2D eigenvalue weighted by Crippen LogP contribution is -2.25. The molecule has 4 aromatic rings. The number of hydrogen-bond acceptors (Lipinski definition) is 3. The number of fused-ring (bicyclic) bond motifs is 1. The molecule has 0 bridgehead atoms. The molecule has 0 spiro atoms. The fourth-order valence-electron chi connectivity index (χ4n) is 3.56. The summed E-state index contributed by atoms with van der Waals surface area (Å²) in [6, 6.07) is 23.7. The van der Waals surface area contributed by atoms with Gasteiger partial charge >= 0.3 is 0 Å². The van der Waals surface area contributed by atoms with Crippen molar-refractivity contribution in [1.82, 2.24) is 14.9 Å². The van der Waals surface area contributed by atoms with Gasteiger partial charge in [0.15, 0.2) is 0 Å². The molecule has 31 heavy (non-hydrogen) atoms. The molecule has 0 fully saturated rings. The molecule has 0 aliphatic carbocycles. The minimum absolute atomic E-state index is 0.0778. The van der Waals surface area contributed by atoms with Crippen LogP contribution in [0.25, 0.3) is 11.0 Å². The maximum Gasteiger partial charge on any atom is 0.251 e. The average molecular weight is 478 g/mol. The van der Waals surface area contributed by atoms with Gasteiger partial charge in [0.25, 0.3) is 5.91 Å². The number of methoxy groups -OCH3 is 1. The van der Waals surface area contributed by atoms with Crippen LogP contribution in [0.3, 0.4) is 0 Å². The fraction of sp³-hybridized carbons (Fsp3) is 0.200. The Bertz CT molecular complexity index is 1170. The number of amides is 1. The highest BCUT2D eigenvalue weighted by molar-refractivity contribution is 9.10. The highest BCUT2D eigenvalue weighted by Crippen LogP contribution is 2.20. The number of ether oxygens (including phenoxy) is 1. The SMILES string of the molecule is COc1ccc(C(=O)NCCCc2nc3ccccc3n2Cc2ccc(Br)cc2)cc1. The van der Waals surface area contributed by atoms with Gasteiger partial charge in [0.2, 0.25) is 0 Å². The molecule has 0 aliphatic heterocycles. The van der Waals surface area contributed by atoms with Gasteiger partial charge in [-0.1, -0.05) is 40.2 Å². The van der Waals surface area contributed by atoms with E-state index in [2.05, 4.69) is 56.1 Å². The predicted octanol–water partition coefficient (Wildman–Crippen LogP) is 5.22. The minimum Gasteiger partial charge on any atom is -0.497 e. The Hall–Kier alpha value is -3.12. The van der Waals surface area contributed by atoms with E-state index in [-0.39, 0.29) is 5.91 Å². The van der Waals surface area contributed by atoms with Gasteiger partial charge in [0, 0.05) is 29.5 Å². The van der Waals surface area contributed by atoms with Crippen molar-refractivity contribution in [3.05, 3.63) is 94.2 Å². The molecule has 5 nitrogen and oxygen atoms in total. The van der Waals surface area contributed by atoms with Gasteiger partial charge < -0.3 is 14.6 Å². The summed E-state index contributed by atoms with van der Waals surface area (Å²) >= 11 is 3.50. The predicted molar refractivity (Wildman–Crippen MR) is 127 cm³/mol. The van der Waals surface area contributed by atoms with Crippen LogP contribution in [0.4, 0.5) is 0 Å². The maximum atomic E-state index is 12.4. The highest BCUT2D eigenvalue weighted by Gasteiger charge is 2.11. The second-order valence-electron chi connectivity index (χ2n) is 7.32. The summed E-state index contributed by atoms with van der Waals surface area (Å²) < 4.78 is 8.47. The minimum atomic E-state index is -0.0778. The van der Waals surface area contributed by atoms with Crippen molar-refractivity contribution in [2.75, 3.05) is 13.7 Å². The summed E-state index contributed by atoms with van der Waals surface area (Å²) in [5.74, 6) is 1.69. The van der Waals surface area contributed by atoms with Crippen LogP contribution in [0.15, 0.2) is 77.3 Å². The smallest absolute Gasteiger partial charge is 0.251 e. The van der Waals surface area contributed by atoms with Crippen LogP contribution >= 0.6 is 15.9 Å².